The topological polar surface area (TPSA) is 71.4 Å². The molecule has 1 aliphatic heterocycles. The van der Waals surface area contributed by atoms with E-state index in [0.717, 1.165) is 5.56 Å². The zero-order valence-electron chi connectivity index (χ0n) is 8.27. The van der Waals surface area contributed by atoms with Crippen LogP contribution in [0.25, 0.3) is 6.08 Å². The van der Waals surface area contributed by atoms with Gasteiger partial charge in [-0.15, -0.1) is 0 Å². The molecule has 5 nitrogen and oxygen atoms in total. The standard InChI is InChI=1S/C11H8N2O3/c12-6-13-11(14)4-2-8-1-3-9-10(5-8)16-7-15-9/h1-5H,7H2,(H,13,14). The van der Waals surface area contributed by atoms with Gasteiger partial charge in [-0.3, -0.25) is 10.1 Å². The van der Waals surface area contributed by atoms with Gasteiger partial charge in [0.05, 0.1) is 0 Å². The number of nitriles is 1. The van der Waals surface area contributed by atoms with Crippen LogP contribution in [0.5, 0.6) is 11.5 Å². The molecule has 0 bridgehead atoms. The Labute approximate surface area is 91.9 Å². The molecule has 1 amide bonds. The van der Waals surface area contributed by atoms with Gasteiger partial charge in [-0.25, -0.2) is 0 Å². The molecule has 1 N–H and O–H groups in total. The number of nitrogens with one attached hydrogen (secondary N) is 1. The molecule has 1 aromatic carbocycles. The Morgan fingerprint density at radius 2 is 2.25 bits per heavy atom. The van der Waals surface area contributed by atoms with Gasteiger partial charge in [0.1, 0.15) is 0 Å². The lowest BCUT2D eigenvalue weighted by Crippen LogP contribution is -2.13. The van der Waals surface area contributed by atoms with E-state index in [9.17, 15) is 4.79 Å². The van der Waals surface area contributed by atoms with Crippen LogP contribution in [0.1, 0.15) is 5.56 Å². The fraction of sp³-hybridized carbons (Fsp3) is 0.0909. The molecule has 0 aliphatic carbocycles. The van der Waals surface area contributed by atoms with Gasteiger partial charge in [0.2, 0.25) is 6.79 Å². The number of ether oxygens (including phenoxy) is 2. The van der Waals surface area contributed by atoms with E-state index in [1.54, 1.807) is 30.5 Å². The third-order valence-electron chi connectivity index (χ3n) is 2.00. The highest BCUT2D eigenvalue weighted by Gasteiger charge is 2.12. The van der Waals surface area contributed by atoms with Crippen molar-refractivity contribution >= 4 is 12.0 Å². The highest BCUT2D eigenvalue weighted by Crippen LogP contribution is 2.32. The van der Waals surface area contributed by atoms with Gasteiger partial charge >= 0.3 is 0 Å². The number of rotatable bonds is 2. The summed E-state index contributed by atoms with van der Waals surface area (Å²) in [7, 11) is 0. The van der Waals surface area contributed by atoms with Gasteiger partial charge in [-0.1, -0.05) is 6.07 Å². The number of carbonyl (C=O) groups is 1. The zero-order chi connectivity index (χ0) is 11.4. The fourth-order valence-corrected chi connectivity index (χ4v) is 1.29. The highest BCUT2D eigenvalue weighted by molar-refractivity contribution is 5.92. The number of carbonyl (C=O) groups excluding carboxylic acids is 1. The lowest BCUT2D eigenvalue weighted by Gasteiger charge is -1.97. The van der Waals surface area contributed by atoms with Crippen LogP contribution >= 0.6 is 0 Å². The van der Waals surface area contributed by atoms with Gasteiger partial charge in [-0.05, 0) is 23.8 Å². The van der Waals surface area contributed by atoms with E-state index < -0.39 is 5.91 Å². The summed E-state index contributed by atoms with van der Waals surface area (Å²) in [6, 6.07) is 5.33. The maximum absolute atomic E-state index is 11.0. The quantitative estimate of drug-likeness (QED) is 0.455. The van der Waals surface area contributed by atoms with E-state index in [2.05, 4.69) is 0 Å². The van der Waals surface area contributed by atoms with Crippen LogP contribution in [0.3, 0.4) is 0 Å². The predicted molar refractivity (Wildman–Crippen MR) is 55.4 cm³/mol. The maximum Gasteiger partial charge on any atom is 0.256 e. The smallest absolute Gasteiger partial charge is 0.256 e. The van der Waals surface area contributed by atoms with Crippen LogP contribution in [-0.4, -0.2) is 12.7 Å². The van der Waals surface area contributed by atoms with Crippen LogP contribution in [0.2, 0.25) is 0 Å². The fourth-order valence-electron chi connectivity index (χ4n) is 1.29. The summed E-state index contributed by atoms with van der Waals surface area (Å²) in [6.45, 7) is 0.220. The molecule has 0 saturated heterocycles. The van der Waals surface area contributed by atoms with Crippen molar-refractivity contribution in [1.82, 2.24) is 5.32 Å². The Hall–Kier alpha value is -2.48. The first kappa shape index (κ1) is 10.1. The Balaban J connectivity index is 2.11. The second-order valence-corrected chi connectivity index (χ2v) is 3.05. The molecule has 0 unspecified atom stereocenters. The number of nitrogens with zero attached hydrogens (tertiary/aromatic N) is 1. The van der Waals surface area contributed by atoms with Crippen molar-refractivity contribution in [3.63, 3.8) is 0 Å². The summed E-state index contributed by atoms with van der Waals surface area (Å²) in [5.74, 6) is 0.890. The van der Waals surface area contributed by atoms with Crippen molar-refractivity contribution < 1.29 is 14.3 Å². The number of fused-ring (bicyclic) bond motifs is 1. The normalized spacial score (nSPS) is 12.4. The van der Waals surface area contributed by atoms with Gasteiger partial charge in [-0.2, -0.15) is 5.26 Å². The van der Waals surface area contributed by atoms with Crippen LogP contribution in [0.15, 0.2) is 24.3 Å². The minimum Gasteiger partial charge on any atom is -0.454 e. The van der Waals surface area contributed by atoms with Gasteiger partial charge in [0.15, 0.2) is 17.7 Å². The van der Waals surface area contributed by atoms with Crippen LogP contribution in [0.4, 0.5) is 0 Å². The second kappa shape index (κ2) is 4.36. The zero-order valence-corrected chi connectivity index (χ0v) is 8.27. The first-order chi connectivity index (χ1) is 7.79. The number of benzene rings is 1. The maximum atomic E-state index is 11.0. The van der Waals surface area contributed by atoms with Gasteiger partial charge in [0, 0.05) is 6.08 Å². The molecular formula is C11H8N2O3. The van der Waals surface area contributed by atoms with E-state index in [-0.39, 0.29) is 6.79 Å². The molecule has 0 aromatic heterocycles. The molecule has 1 aliphatic rings. The number of amides is 1. The SMILES string of the molecule is N#CNC(=O)C=Cc1ccc2c(c1)OCO2. The van der Waals surface area contributed by atoms with Crippen LogP contribution in [-0.2, 0) is 4.79 Å². The summed E-state index contributed by atoms with van der Waals surface area (Å²) in [4.78, 5) is 11.0. The lowest BCUT2D eigenvalue weighted by molar-refractivity contribution is -0.115. The van der Waals surface area contributed by atoms with Crippen molar-refractivity contribution in [3.05, 3.63) is 29.8 Å². The van der Waals surface area contributed by atoms with E-state index in [1.807, 2.05) is 5.32 Å². The molecule has 2 rings (SSSR count). The minimum absolute atomic E-state index is 0.220. The molecule has 5 heteroatoms. The Morgan fingerprint density at radius 3 is 3.06 bits per heavy atom. The van der Waals surface area contributed by atoms with Crippen LogP contribution < -0.4 is 14.8 Å². The Morgan fingerprint density at radius 1 is 1.44 bits per heavy atom. The molecule has 0 atom stereocenters. The van der Waals surface area contributed by atoms with Crippen molar-refractivity contribution in [1.29, 1.82) is 5.26 Å². The largest absolute Gasteiger partial charge is 0.454 e. The molecular weight excluding hydrogens is 208 g/mol. The average Bonchev–Trinajstić information content (AvgIpc) is 2.74. The molecule has 0 saturated carbocycles. The van der Waals surface area contributed by atoms with Crippen molar-refractivity contribution in [2.24, 2.45) is 0 Å². The Kier molecular flexibility index (Phi) is 2.74. The van der Waals surface area contributed by atoms with Gasteiger partial charge < -0.3 is 9.47 Å². The summed E-state index contributed by atoms with van der Waals surface area (Å²) < 4.78 is 10.3. The van der Waals surface area contributed by atoms with Crippen LogP contribution in [0, 0.1) is 11.5 Å². The second-order valence-electron chi connectivity index (χ2n) is 3.05. The molecule has 16 heavy (non-hydrogen) atoms. The van der Waals surface area contributed by atoms with Crippen molar-refractivity contribution in [3.8, 4) is 17.7 Å². The molecule has 80 valence electrons. The van der Waals surface area contributed by atoms with Gasteiger partial charge in [0.25, 0.3) is 5.91 Å². The summed E-state index contributed by atoms with van der Waals surface area (Å²) in [5, 5.41) is 10.2. The molecule has 0 fully saturated rings. The monoisotopic (exact) mass is 216 g/mol. The molecule has 1 heterocycles. The van der Waals surface area contributed by atoms with E-state index in [4.69, 9.17) is 14.7 Å². The van der Waals surface area contributed by atoms with Crippen molar-refractivity contribution in [2.45, 2.75) is 0 Å². The lowest BCUT2D eigenvalue weighted by atomic mass is 10.2. The van der Waals surface area contributed by atoms with Crippen molar-refractivity contribution in [2.75, 3.05) is 6.79 Å². The molecule has 1 aromatic rings. The minimum atomic E-state index is -0.458. The first-order valence-corrected chi connectivity index (χ1v) is 4.56. The Bertz CT molecular complexity index is 488. The number of hydrogen-bond acceptors (Lipinski definition) is 4. The third kappa shape index (κ3) is 2.12. The summed E-state index contributed by atoms with van der Waals surface area (Å²) in [5.41, 5.74) is 0.803. The summed E-state index contributed by atoms with van der Waals surface area (Å²) >= 11 is 0. The first-order valence-electron chi connectivity index (χ1n) is 4.56. The molecule has 0 radical (unpaired) electrons. The highest BCUT2D eigenvalue weighted by atomic mass is 16.7. The average molecular weight is 216 g/mol. The number of hydrogen-bond donors (Lipinski definition) is 1. The third-order valence-corrected chi connectivity index (χ3v) is 2.00. The van der Waals surface area contributed by atoms with E-state index in [0.29, 0.717) is 11.5 Å². The molecule has 0 spiro atoms. The van der Waals surface area contributed by atoms with E-state index in [1.165, 1.54) is 6.08 Å². The van der Waals surface area contributed by atoms with E-state index >= 15 is 0 Å². The predicted octanol–water partition coefficient (Wildman–Crippen LogP) is 1.03. The summed E-state index contributed by atoms with van der Waals surface area (Å²) in [6.07, 6.45) is 4.42.